The van der Waals surface area contributed by atoms with Crippen LogP contribution in [0, 0.1) is 6.92 Å². The standard InChI is InChI=1S/C17H28N2O2/c1-11-8-9-15(21-7)14(10-11)12(2)18-13(3)16(20)19-17(4,5)6/h8-10,12-13,18H,1-7H3,(H,19,20)/t12-,13-/m1/s1. The van der Waals surface area contributed by atoms with E-state index in [0.717, 1.165) is 11.3 Å². The average molecular weight is 292 g/mol. The first kappa shape index (κ1) is 17.5. The minimum absolute atomic E-state index is 0.000898. The van der Waals surface area contributed by atoms with Gasteiger partial charge in [-0.1, -0.05) is 17.7 Å². The lowest BCUT2D eigenvalue weighted by Gasteiger charge is -2.26. The highest BCUT2D eigenvalue weighted by atomic mass is 16.5. The average Bonchev–Trinajstić information content (AvgIpc) is 2.36. The third-order valence-electron chi connectivity index (χ3n) is 3.24. The maximum Gasteiger partial charge on any atom is 0.237 e. The highest BCUT2D eigenvalue weighted by Gasteiger charge is 2.22. The van der Waals surface area contributed by atoms with Crippen molar-refractivity contribution < 1.29 is 9.53 Å². The van der Waals surface area contributed by atoms with Crippen LogP contribution in [-0.2, 0) is 4.79 Å². The van der Waals surface area contributed by atoms with Crippen molar-refractivity contribution in [3.05, 3.63) is 29.3 Å². The highest BCUT2D eigenvalue weighted by Crippen LogP contribution is 2.26. The summed E-state index contributed by atoms with van der Waals surface area (Å²) in [7, 11) is 1.66. The minimum atomic E-state index is -0.274. The number of carbonyl (C=O) groups is 1. The molecule has 2 N–H and O–H groups in total. The van der Waals surface area contributed by atoms with Crippen molar-refractivity contribution in [2.24, 2.45) is 0 Å². The summed E-state index contributed by atoms with van der Waals surface area (Å²) in [5.41, 5.74) is 2.01. The monoisotopic (exact) mass is 292 g/mol. The Bertz CT molecular complexity index is 492. The number of methoxy groups -OCH3 is 1. The number of carbonyl (C=O) groups excluding carboxylic acids is 1. The number of rotatable bonds is 5. The fourth-order valence-electron chi connectivity index (χ4n) is 2.21. The van der Waals surface area contributed by atoms with Crippen LogP contribution in [0.3, 0.4) is 0 Å². The van der Waals surface area contributed by atoms with Crippen LogP contribution in [-0.4, -0.2) is 24.6 Å². The fourth-order valence-corrected chi connectivity index (χ4v) is 2.21. The second kappa shape index (κ2) is 6.94. The summed E-state index contributed by atoms with van der Waals surface area (Å²) in [5, 5.41) is 6.31. The summed E-state index contributed by atoms with van der Waals surface area (Å²) in [6.45, 7) is 11.9. The van der Waals surface area contributed by atoms with Gasteiger partial charge in [0.05, 0.1) is 13.2 Å². The second-order valence-electron chi connectivity index (χ2n) is 6.59. The maximum absolute atomic E-state index is 12.1. The number of hydrogen-bond acceptors (Lipinski definition) is 3. The van der Waals surface area contributed by atoms with Crippen molar-refractivity contribution >= 4 is 5.91 Å². The van der Waals surface area contributed by atoms with Gasteiger partial charge in [0, 0.05) is 17.1 Å². The van der Waals surface area contributed by atoms with Gasteiger partial charge in [-0.25, -0.2) is 0 Å². The molecule has 1 amide bonds. The van der Waals surface area contributed by atoms with E-state index >= 15 is 0 Å². The first-order valence-electron chi connectivity index (χ1n) is 7.36. The quantitative estimate of drug-likeness (QED) is 0.877. The third kappa shape index (κ3) is 5.38. The summed E-state index contributed by atoms with van der Waals surface area (Å²) in [6, 6.07) is 5.82. The first-order chi connectivity index (χ1) is 9.64. The molecular formula is C17H28N2O2. The van der Waals surface area contributed by atoms with E-state index in [1.54, 1.807) is 7.11 Å². The summed E-state index contributed by atoms with van der Waals surface area (Å²) in [6.07, 6.45) is 0. The molecule has 0 bridgehead atoms. The predicted molar refractivity (Wildman–Crippen MR) is 86.6 cm³/mol. The van der Waals surface area contributed by atoms with E-state index in [-0.39, 0.29) is 23.5 Å². The van der Waals surface area contributed by atoms with Crippen LogP contribution >= 0.6 is 0 Å². The van der Waals surface area contributed by atoms with Gasteiger partial charge in [-0.3, -0.25) is 10.1 Å². The van der Waals surface area contributed by atoms with Crippen molar-refractivity contribution in [1.82, 2.24) is 10.6 Å². The largest absolute Gasteiger partial charge is 0.496 e. The number of amides is 1. The molecule has 1 aromatic rings. The molecule has 0 aliphatic rings. The molecule has 0 unspecified atom stereocenters. The zero-order valence-corrected chi connectivity index (χ0v) is 14.2. The van der Waals surface area contributed by atoms with E-state index in [9.17, 15) is 4.79 Å². The molecule has 0 aliphatic carbocycles. The summed E-state index contributed by atoms with van der Waals surface area (Å²) in [5.74, 6) is 0.838. The highest BCUT2D eigenvalue weighted by molar-refractivity contribution is 5.82. The van der Waals surface area contributed by atoms with Gasteiger partial charge in [0.25, 0.3) is 0 Å². The molecule has 1 rings (SSSR count). The molecule has 0 aromatic heterocycles. The third-order valence-corrected chi connectivity index (χ3v) is 3.24. The molecule has 1 aromatic carbocycles. The predicted octanol–water partition coefficient (Wildman–Crippen LogP) is 2.96. The van der Waals surface area contributed by atoms with E-state index in [2.05, 4.69) is 16.7 Å². The van der Waals surface area contributed by atoms with E-state index < -0.39 is 0 Å². The van der Waals surface area contributed by atoms with Crippen LogP contribution < -0.4 is 15.4 Å². The molecule has 0 saturated heterocycles. The molecule has 0 radical (unpaired) electrons. The van der Waals surface area contributed by atoms with Crippen molar-refractivity contribution in [1.29, 1.82) is 0 Å². The molecule has 0 heterocycles. The summed E-state index contributed by atoms with van der Waals surface area (Å²) in [4.78, 5) is 12.1. The Kier molecular flexibility index (Phi) is 5.78. The van der Waals surface area contributed by atoms with Crippen LogP contribution in [0.5, 0.6) is 5.75 Å². The molecule has 0 fully saturated rings. The number of benzene rings is 1. The van der Waals surface area contributed by atoms with E-state index in [4.69, 9.17) is 4.74 Å². The molecule has 118 valence electrons. The lowest BCUT2D eigenvalue weighted by atomic mass is 10.0. The lowest BCUT2D eigenvalue weighted by molar-refractivity contribution is -0.124. The van der Waals surface area contributed by atoms with Gasteiger partial charge < -0.3 is 10.1 Å². The van der Waals surface area contributed by atoms with Gasteiger partial charge in [0.15, 0.2) is 0 Å². The Balaban J connectivity index is 2.79. The molecular weight excluding hydrogens is 264 g/mol. The molecule has 4 heteroatoms. The van der Waals surface area contributed by atoms with E-state index in [1.165, 1.54) is 5.56 Å². The van der Waals surface area contributed by atoms with Crippen LogP contribution in [0.2, 0.25) is 0 Å². The van der Waals surface area contributed by atoms with Gasteiger partial charge in [-0.15, -0.1) is 0 Å². The van der Waals surface area contributed by atoms with Gasteiger partial charge in [-0.2, -0.15) is 0 Å². The summed E-state index contributed by atoms with van der Waals surface area (Å²) < 4.78 is 5.40. The number of hydrogen-bond donors (Lipinski definition) is 2. The van der Waals surface area contributed by atoms with E-state index in [1.807, 2.05) is 53.7 Å². The zero-order valence-electron chi connectivity index (χ0n) is 14.2. The molecule has 0 aliphatic heterocycles. The van der Waals surface area contributed by atoms with Crippen molar-refractivity contribution in [3.8, 4) is 5.75 Å². The minimum Gasteiger partial charge on any atom is -0.496 e. The Hall–Kier alpha value is -1.55. The first-order valence-corrected chi connectivity index (χ1v) is 7.36. The molecule has 0 saturated carbocycles. The van der Waals surface area contributed by atoms with Crippen LogP contribution in [0.4, 0.5) is 0 Å². The number of ether oxygens (including phenoxy) is 1. The van der Waals surface area contributed by atoms with Gasteiger partial charge in [0.1, 0.15) is 5.75 Å². The molecule has 21 heavy (non-hydrogen) atoms. The topological polar surface area (TPSA) is 50.4 Å². The van der Waals surface area contributed by atoms with Gasteiger partial charge in [-0.05, 0) is 47.6 Å². The second-order valence-corrected chi connectivity index (χ2v) is 6.59. The lowest BCUT2D eigenvalue weighted by Crippen LogP contribution is -2.50. The van der Waals surface area contributed by atoms with Gasteiger partial charge >= 0.3 is 0 Å². The van der Waals surface area contributed by atoms with Crippen molar-refractivity contribution in [2.75, 3.05) is 7.11 Å². The SMILES string of the molecule is COc1ccc(C)cc1[C@@H](C)N[C@H](C)C(=O)NC(C)(C)C. The number of nitrogens with one attached hydrogen (secondary N) is 2. The van der Waals surface area contributed by atoms with Crippen LogP contribution in [0.1, 0.15) is 51.8 Å². The maximum atomic E-state index is 12.1. The zero-order chi connectivity index (χ0) is 16.2. The molecule has 2 atom stereocenters. The van der Waals surface area contributed by atoms with Crippen molar-refractivity contribution in [3.63, 3.8) is 0 Å². The Morgan fingerprint density at radius 2 is 1.86 bits per heavy atom. The fraction of sp³-hybridized carbons (Fsp3) is 0.588. The van der Waals surface area contributed by atoms with Gasteiger partial charge in [0.2, 0.25) is 5.91 Å². The normalized spacial score (nSPS) is 14.4. The van der Waals surface area contributed by atoms with Crippen LogP contribution in [0.15, 0.2) is 18.2 Å². The van der Waals surface area contributed by atoms with Crippen molar-refractivity contribution in [2.45, 2.75) is 59.2 Å². The van der Waals surface area contributed by atoms with Crippen LogP contribution in [0.25, 0.3) is 0 Å². The summed E-state index contributed by atoms with van der Waals surface area (Å²) >= 11 is 0. The Morgan fingerprint density at radius 1 is 1.24 bits per heavy atom. The molecule has 4 nitrogen and oxygen atoms in total. The van der Waals surface area contributed by atoms with E-state index in [0.29, 0.717) is 0 Å². The smallest absolute Gasteiger partial charge is 0.237 e. The Labute approximate surface area is 128 Å². The molecule has 0 spiro atoms. The Morgan fingerprint density at radius 3 is 2.38 bits per heavy atom. The number of aryl methyl sites for hydroxylation is 1.